The SMILES string of the molecule is CC[C@H]1CN(C(=O)c2ccco2)[C@@H](CC)CN1C(=O)c1ccco1. The zero-order valence-electron chi connectivity index (χ0n) is 14.0. The molecule has 0 aliphatic carbocycles. The second kappa shape index (κ2) is 6.95. The number of hydrogen-bond donors (Lipinski definition) is 0. The van der Waals surface area contributed by atoms with Gasteiger partial charge in [0.15, 0.2) is 11.5 Å². The lowest BCUT2D eigenvalue weighted by Crippen LogP contribution is -2.60. The van der Waals surface area contributed by atoms with Crippen LogP contribution < -0.4 is 0 Å². The van der Waals surface area contributed by atoms with Gasteiger partial charge in [-0.05, 0) is 37.1 Å². The molecule has 2 atom stereocenters. The Hall–Kier alpha value is -2.50. The first-order chi connectivity index (χ1) is 11.7. The van der Waals surface area contributed by atoms with Crippen molar-refractivity contribution < 1.29 is 18.4 Å². The summed E-state index contributed by atoms with van der Waals surface area (Å²) in [5, 5.41) is 0. The molecule has 1 fully saturated rings. The zero-order chi connectivity index (χ0) is 17.1. The minimum Gasteiger partial charge on any atom is -0.459 e. The molecule has 128 valence electrons. The third-order valence-electron chi connectivity index (χ3n) is 4.62. The Balaban J connectivity index is 1.82. The van der Waals surface area contributed by atoms with Crippen molar-refractivity contribution in [3.05, 3.63) is 48.3 Å². The lowest BCUT2D eigenvalue weighted by Gasteiger charge is -2.45. The van der Waals surface area contributed by atoms with E-state index in [1.807, 2.05) is 23.6 Å². The summed E-state index contributed by atoms with van der Waals surface area (Å²) < 4.78 is 10.5. The molecule has 2 aromatic heterocycles. The van der Waals surface area contributed by atoms with E-state index in [0.29, 0.717) is 24.6 Å². The Morgan fingerprint density at radius 1 is 0.917 bits per heavy atom. The van der Waals surface area contributed by atoms with Crippen molar-refractivity contribution in [2.45, 2.75) is 38.8 Å². The molecule has 1 aliphatic heterocycles. The summed E-state index contributed by atoms with van der Waals surface area (Å²) in [7, 11) is 0. The molecule has 0 N–H and O–H groups in total. The highest BCUT2D eigenvalue weighted by atomic mass is 16.3. The van der Waals surface area contributed by atoms with Crippen molar-refractivity contribution in [1.29, 1.82) is 0 Å². The summed E-state index contributed by atoms with van der Waals surface area (Å²) in [5.41, 5.74) is 0. The summed E-state index contributed by atoms with van der Waals surface area (Å²) >= 11 is 0. The van der Waals surface area contributed by atoms with Crippen molar-refractivity contribution >= 4 is 11.8 Å². The number of carbonyl (C=O) groups excluding carboxylic acids is 2. The lowest BCUT2D eigenvalue weighted by molar-refractivity contribution is 0.0160. The molecule has 24 heavy (non-hydrogen) atoms. The minimum absolute atomic E-state index is 0.0377. The van der Waals surface area contributed by atoms with Crippen LogP contribution in [-0.2, 0) is 0 Å². The molecule has 1 aliphatic rings. The quantitative estimate of drug-likeness (QED) is 0.864. The average Bonchev–Trinajstić information content (AvgIpc) is 3.32. The fourth-order valence-corrected chi connectivity index (χ4v) is 3.23. The summed E-state index contributed by atoms with van der Waals surface area (Å²) in [5.74, 6) is 0.453. The second-order valence-electron chi connectivity index (χ2n) is 5.99. The van der Waals surface area contributed by atoms with Gasteiger partial charge in [-0.1, -0.05) is 13.8 Å². The van der Waals surface area contributed by atoms with E-state index in [1.165, 1.54) is 12.5 Å². The van der Waals surface area contributed by atoms with Gasteiger partial charge < -0.3 is 18.6 Å². The molecular formula is C18H22N2O4. The maximum absolute atomic E-state index is 12.7. The highest BCUT2D eigenvalue weighted by Crippen LogP contribution is 2.24. The number of carbonyl (C=O) groups is 2. The van der Waals surface area contributed by atoms with Crippen LogP contribution in [0.15, 0.2) is 45.6 Å². The van der Waals surface area contributed by atoms with Gasteiger partial charge in [0.1, 0.15) is 0 Å². The monoisotopic (exact) mass is 330 g/mol. The van der Waals surface area contributed by atoms with Crippen molar-refractivity contribution in [2.24, 2.45) is 0 Å². The van der Waals surface area contributed by atoms with E-state index in [1.54, 1.807) is 24.3 Å². The second-order valence-corrected chi connectivity index (χ2v) is 5.99. The van der Waals surface area contributed by atoms with E-state index in [9.17, 15) is 9.59 Å². The fourth-order valence-electron chi connectivity index (χ4n) is 3.23. The molecule has 6 heteroatoms. The summed E-state index contributed by atoms with van der Waals surface area (Å²) in [6.07, 6.45) is 4.54. The van der Waals surface area contributed by atoms with Crippen LogP contribution in [0, 0.1) is 0 Å². The van der Waals surface area contributed by atoms with E-state index in [2.05, 4.69) is 0 Å². The van der Waals surface area contributed by atoms with Gasteiger partial charge in [0.25, 0.3) is 11.8 Å². The number of nitrogens with zero attached hydrogens (tertiary/aromatic N) is 2. The maximum atomic E-state index is 12.7. The Labute approximate surface area is 141 Å². The molecule has 2 aromatic rings. The van der Waals surface area contributed by atoms with Crippen LogP contribution in [0.5, 0.6) is 0 Å². The van der Waals surface area contributed by atoms with E-state index in [4.69, 9.17) is 8.83 Å². The van der Waals surface area contributed by atoms with Crippen molar-refractivity contribution in [1.82, 2.24) is 9.80 Å². The van der Waals surface area contributed by atoms with Crippen LogP contribution in [0.2, 0.25) is 0 Å². The molecule has 0 saturated carbocycles. The summed E-state index contributed by atoms with van der Waals surface area (Å²) in [6.45, 7) is 5.05. The van der Waals surface area contributed by atoms with E-state index in [-0.39, 0.29) is 23.9 Å². The van der Waals surface area contributed by atoms with Crippen molar-refractivity contribution in [3.8, 4) is 0 Å². The van der Waals surface area contributed by atoms with Crippen LogP contribution in [0.1, 0.15) is 47.8 Å². The van der Waals surface area contributed by atoms with Crippen molar-refractivity contribution in [3.63, 3.8) is 0 Å². The molecule has 0 aromatic carbocycles. The van der Waals surface area contributed by atoms with Gasteiger partial charge in [0.05, 0.1) is 12.5 Å². The highest BCUT2D eigenvalue weighted by molar-refractivity contribution is 5.93. The number of rotatable bonds is 4. The van der Waals surface area contributed by atoms with Gasteiger partial charge in [0.2, 0.25) is 0 Å². The normalized spacial score (nSPS) is 21.1. The first-order valence-electron chi connectivity index (χ1n) is 8.34. The minimum atomic E-state index is -0.115. The predicted molar refractivity (Wildman–Crippen MR) is 87.6 cm³/mol. The first-order valence-corrected chi connectivity index (χ1v) is 8.34. The van der Waals surface area contributed by atoms with E-state index < -0.39 is 0 Å². The smallest absolute Gasteiger partial charge is 0.289 e. The van der Waals surface area contributed by atoms with E-state index in [0.717, 1.165) is 12.8 Å². The fraction of sp³-hybridized carbons (Fsp3) is 0.444. The maximum Gasteiger partial charge on any atom is 0.289 e. The number of hydrogen-bond acceptors (Lipinski definition) is 4. The molecule has 0 unspecified atom stereocenters. The van der Waals surface area contributed by atoms with Gasteiger partial charge >= 0.3 is 0 Å². The summed E-state index contributed by atoms with van der Waals surface area (Å²) in [6, 6.07) is 6.70. The Morgan fingerprint density at radius 2 is 1.33 bits per heavy atom. The molecule has 0 radical (unpaired) electrons. The van der Waals surface area contributed by atoms with Crippen LogP contribution in [0.25, 0.3) is 0 Å². The highest BCUT2D eigenvalue weighted by Gasteiger charge is 2.38. The standard InChI is InChI=1S/C18H22N2O4/c1-3-13-11-20(18(22)16-8-6-10-24-16)14(4-2)12-19(13)17(21)15-7-5-9-23-15/h5-10,13-14H,3-4,11-12H2,1-2H3/t13-,14-/m0/s1. The van der Waals surface area contributed by atoms with Crippen LogP contribution >= 0.6 is 0 Å². The topological polar surface area (TPSA) is 66.9 Å². The molecule has 3 rings (SSSR count). The molecule has 2 amide bonds. The number of amides is 2. The lowest BCUT2D eigenvalue weighted by atomic mass is 10.0. The van der Waals surface area contributed by atoms with E-state index >= 15 is 0 Å². The van der Waals surface area contributed by atoms with Crippen LogP contribution in [-0.4, -0.2) is 46.8 Å². The molecule has 3 heterocycles. The number of piperazine rings is 1. The Bertz CT molecular complexity index is 618. The average molecular weight is 330 g/mol. The predicted octanol–water partition coefficient (Wildman–Crippen LogP) is 3.03. The van der Waals surface area contributed by atoms with Gasteiger partial charge in [-0.3, -0.25) is 9.59 Å². The third kappa shape index (κ3) is 2.96. The Kier molecular flexibility index (Phi) is 4.74. The van der Waals surface area contributed by atoms with Gasteiger partial charge in [-0.15, -0.1) is 0 Å². The van der Waals surface area contributed by atoms with Crippen LogP contribution in [0.4, 0.5) is 0 Å². The molecule has 0 bridgehead atoms. The molecule has 1 saturated heterocycles. The summed E-state index contributed by atoms with van der Waals surface area (Å²) in [4.78, 5) is 29.1. The largest absolute Gasteiger partial charge is 0.459 e. The number of furan rings is 2. The first kappa shape index (κ1) is 16.4. The van der Waals surface area contributed by atoms with Gasteiger partial charge in [0, 0.05) is 25.2 Å². The third-order valence-corrected chi connectivity index (χ3v) is 4.62. The van der Waals surface area contributed by atoms with Crippen LogP contribution in [0.3, 0.4) is 0 Å². The van der Waals surface area contributed by atoms with Crippen molar-refractivity contribution in [2.75, 3.05) is 13.1 Å². The molecule has 0 spiro atoms. The molecular weight excluding hydrogens is 308 g/mol. The van der Waals surface area contributed by atoms with Gasteiger partial charge in [-0.2, -0.15) is 0 Å². The Morgan fingerprint density at radius 3 is 1.62 bits per heavy atom. The molecule has 6 nitrogen and oxygen atoms in total. The zero-order valence-corrected chi connectivity index (χ0v) is 14.0. The van der Waals surface area contributed by atoms with Gasteiger partial charge in [-0.25, -0.2) is 0 Å².